The number of hydrogen-bond donors (Lipinski definition) is 0. The van der Waals surface area contributed by atoms with Crippen molar-refractivity contribution in [3.8, 4) is 23.0 Å². The summed E-state index contributed by atoms with van der Waals surface area (Å²) >= 11 is 0. The van der Waals surface area contributed by atoms with E-state index < -0.39 is 24.1 Å². The molecule has 0 amide bonds. The fourth-order valence-corrected chi connectivity index (χ4v) is 4.25. The molecule has 0 aliphatic heterocycles. The van der Waals surface area contributed by atoms with Gasteiger partial charge in [0.05, 0.1) is 43.8 Å². The van der Waals surface area contributed by atoms with Gasteiger partial charge in [0, 0.05) is 0 Å². The molecule has 11 heteroatoms. The van der Waals surface area contributed by atoms with Crippen LogP contribution in [0, 0.1) is 0 Å². The van der Waals surface area contributed by atoms with Crippen LogP contribution in [0.1, 0.15) is 96.3 Å². The number of hydrogen-bond acceptors (Lipinski definition) is 11. The number of benzene rings is 3. The zero-order valence-corrected chi connectivity index (χ0v) is 28.1. The fourth-order valence-electron chi connectivity index (χ4n) is 4.25. The average molecular weight is 677 g/mol. The van der Waals surface area contributed by atoms with Crippen molar-refractivity contribution >= 4 is 24.1 Å². The highest BCUT2D eigenvalue weighted by Gasteiger charge is 2.21. The second-order valence-electron chi connectivity index (χ2n) is 10.8. The van der Waals surface area contributed by atoms with E-state index in [-0.39, 0.29) is 41.4 Å². The molecule has 0 unspecified atom stereocenters. The van der Waals surface area contributed by atoms with Gasteiger partial charge >= 0.3 is 24.1 Å². The fraction of sp³-hybridized carbons (Fsp3) is 0.368. The van der Waals surface area contributed by atoms with Crippen molar-refractivity contribution < 1.29 is 52.3 Å². The molecule has 0 radical (unpaired) electrons. The van der Waals surface area contributed by atoms with Crippen LogP contribution in [0.5, 0.6) is 23.0 Å². The van der Waals surface area contributed by atoms with Crippen molar-refractivity contribution in [2.75, 3.05) is 26.4 Å². The molecular formula is C38H44O11. The second-order valence-corrected chi connectivity index (χ2v) is 10.8. The monoisotopic (exact) mass is 676 g/mol. The molecule has 0 heterocycles. The normalized spacial score (nSPS) is 10.4. The summed E-state index contributed by atoms with van der Waals surface area (Å²) in [5.41, 5.74) is 0.445. The van der Waals surface area contributed by atoms with Crippen molar-refractivity contribution in [1.29, 1.82) is 0 Å². The Balaban J connectivity index is 1.66. The minimum atomic E-state index is -0.813. The minimum absolute atomic E-state index is 0.0589. The van der Waals surface area contributed by atoms with Gasteiger partial charge in [-0.25, -0.2) is 19.2 Å². The lowest BCUT2D eigenvalue weighted by atomic mass is 10.1. The molecule has 262 valence electrons. The Bertz CT molecular complexity index is 1500. The molecule has 0 N–H and O–H groups in total. The minimum Gasteiger partial charge on any atom is -0.494 e. The van der Waals surface area contributed by atoms with Gasteiger partial charge in [-0.3, -0.25) is 0 Å². The zero-order chi connectivity index (χ0) is 35.3. The van der Waals surface area contributed by atoms with Gasteiger partial charge in [0.25, 0.3) is 0 Å². The summed E-state index contributed by atoms with van der Waals surface area (Å²) in [6.07, 6.45) is 6.60. The number of rotatable bonds is 21. The molecule has 3 aromatic rings. The van der Waals surface area contributed by atoms with Gasteiger partial charge in [0.15, 0.2) is 0 Å². The highest BCUT2D eigenvalue weighted by Crippen LogP contribution is 2.28. The summed E-state index contributed by atoms with van der Waals surface area (Å²) in [5.74, 6) is -0.835. The Labute approximate surface area is 287 Å². The highest BCUT2D eigenvalue weighted by atomic mass is 16.7. The van der Waals surface area contributed by atoms with Gasteiger partial charge in [-0.15, -0.1) is 0 Å². The number of esters is 3. The quantitative estimate of drug-likeness (QED) is 0.0465. The Morgan fingerprint density at radius 2 is 1.08 bits per heavy atom. The summed E-state index contributed by atoms with van der Waals surface area (Å²) in [6.45, 7) is 8.86. The molecule has 3 rings (SSSR count). The third-order valence-corrected chi connectivity index (χ3v) is 6.97. The van der Waals surface area contributed by atoms with Gasteiger partial charge in [-0.1, -0.05) is 33.3 Å². The number of carbonyl (C=O) groups excluding carboxylic acids is 4. The molecule has 0 atom stereocenters. The molecule has 11 nitrogen and oxygen atoms in total. The predicted octanol–water partition coefficient (Wildman–Crippen LogP) is 8.50. The smallest absolute Gasteiger partial charge is 0.494 e. The Morgan fingerprint density at radius 1 is 0.571 bits per heavy atom. The third kappa shape index (κ3) is 13.7. The lowest BCUT2D eigenvalue weighted by molar-refractivity contribution is 0.0487. The van der Waals surface area contributed by atoms with Crippen molar-refractivity contribution in [1.82, 2.24) is 0 Å². The van der Waals surface area contributed by atoms with Crippen LogP contribution in [0.4, 0.5) is 4.79 Å². The summed E-state index contributed by atoms with van der Waals surface area (Å²) < 4.78 is 37.3. The van der Waals surface area contributed by atoms with Gasteiger partial charge < -0.3 is 33.2 Å². The van der Waals surface area contributed by atoms with Gasteiger partial charge in [0.2, 0.25) is 0 Å². The first-order valence-electron chi connectivity index (χ1n) is 16.5. The lowest BCUT2D eigenvalue weighted by Crippen LogP contribution is -2.15. The van der Waals surface area contributed by atoms with Crippen LogP contribution < -0.4 is 18.9 Å². The highest BCUT2D eigenvalue weighted by molar-refractivity contribution is 5.97. The van der Waals surface area contributed by atoms with Crippen LogP contribution in [0.25, 0.3) is 0 Å². The summed E-state index contributed by atoms with van der Waals surface area (Å²) in [6, 6.07) is 17.2. The SMILES string of the molecule is C=COC(=O)OCCCCCCOC(=O)c1cc(OC(=O)c2ccc(OCCCC)cc2)ccc1OC(=O)c1ccc(OCCCC)cc1. The van der Waals surface area contributed by atoms with Crippen molar-refractivity contribution in [2.24, 2.45) is 0 Å². The molecule has 0 saturated carbocycles. The van der Waals surface area contributed by atoms with Crippen molar-refractivity contribution in [2.45, 2.75) is 65.2 Å². The van der Waals surface area contributed by atoms with E-state index in [9.17, 15) is 19.2 Å². The van der Waals surface area contributed by atoms with Crippen molar-refractivity contribution in [3.05, 3.63) is 96.3 Å². The van der Waals surface area contributed by atoms with Gasteiger partial charge in [0.1, 0.15) is 28.6 Å². The second kappa shape index (κ2) is 21.5. The molecule has 0 aromatic heterocycles. The van der Waals surface area contributed by atoms with Gasteiger partial charge in [-0.05, 0) is 105 Å². The molecule has 0 aliphatic carbocycles. The van der Waals surface area contributed by atoms with E-state index in [0.29, 0.717) is 44.0 Å². The van der Waals surface area contributed by atoms with E-state index in [1.165, 1.54) is 18.2 Å². The number of ether oxygens (including phenoxy) is 7. The molecule has 0 bridgehead atoms. The summed E-state index contributed by atoms with van der Waals surface area (Å²) in [4.78, 5) is 50.3. The molecule has 0 spiro atoms. The van der Waals surface area contributed by atoms with Crippen LogP contribution in [0.2, 0.25) is 0 Å². The van der Waals surface area contributed by atoms with Gasteiger partial charge in [-0.2, -0.15) is 0 Å². The third-order valence-electron chi connectivity index (χ3n) is 6.97. The standard InChI is InChI=1S/C38H44O11/c1-4-7-23-44-30-17-13-28(14-18-30)35(39)48-32-21-22-34(49-36(40)29-15-19-31(20-16-29)45-24-8-5-2)33(27-32)37(41)46-25-11-9-10-12-26-47-38(42)43-6-3/h6,13-22,27H,3-5,7-12,23-26H2,1-2H3. The molecule has 0 fully saturated rings. The van der Waals surface area contributed by atoms with E-state index in [1.54, 1.807) is 48.5 Å². The number of carbonyl (C=O) groups is 4. The Morgan fingerprint density at radius 3 is 1.61 bits per heavy atom. The Kier molecular flexibility index (Phi) is 16.8. The first kappa shape index (κ1) is 38.1. The van der Waals surface area contributed by atoms with Crippen LogP contribution in [0.15, 0.2) is 79.6 Å². The maximum absolute atomic E-state index is 13.2. The summed E-state index contributed by atoms with van der Waals surface area (Å²) in [7, 11) is 0. The van der Waals surface area contributed by atoms with E-state index in [4.69, 9.17) is 28.4 Å². The van der Waals surface area contributed by atoms with Crippen LogP contribution in [-0.4, -0.2) is 50.5 Å². The van der Waals surface area contributed by atoms with E-state index in [1.807, 2.05) is 0 Å². The first-order chi connectivity index (χ1) is 23.8. The van der Waals surface area contributed by atoms with E-state index in [0.717, 1.165) is 38.4 Å². The topological polar surface area (TPSA) is 133 Å². The van der Waals surface area contributed by atoms with E-state index >= 15 is 0 Å². The number of unbranched alkanes of at least 4 members (excludes halogenated alkanes) is 5. The molecule has 49 heavy (non-hydrogen) atoms. The Hall–Kier alpha value is -5.32. The van der Waals surface area contributed by atoms with Crippen LogP contribution in [-0.2, 0) is 14.2 Å². The molecular weight excluding hydrogens is 632 g/mol. The lowest BCUT2D eigenvalue weighted by Gasteiger charge is -2.13. The summed E-state index contributed by atoms with van der Waals surface area (Å²) in [5, 5.41) is 0. The van der Waals surface area contributed by atoms with Crippen molar-refractivity contribution in [3.63, 3.8) is 0 Å². The van der Waals surface area contributed by atoms with Crippen LogP contribution in [0.3, 0.4) is 0 Å². The first-order valence-corrected chi connectivity index (χ1v) is 16.5. The maximum Gasteiger partial charge on any atom is 0.513 e. The molecule has 3 aromatic carbocycles. The van der Waals surface area contributed by atoms with E-state index in [2.05, 4.69) is 25.2 Å². The average Bonchev–Trinajstić information content (AvgIpc) is 3.10. The zero-order valence-electron chi connectivity index (χ0n) is 28.1. The largest absolute Gasteiger partial charge is 0.513 e. The molecule has 0 aliphatic rings. The predicted molar refractivity (Wildman–Crippen MR) is 181 cm³/mol. The molecule has 0 saturated heterocycles. The van der Waals surface area contributed by atoms with Crippen LogP contribution >= 0.6 is 0 Å². The maximum atomic E-state index is 13.2.